The molecule has 1 atom stereocenters. The molecule has 0 unspecified atom stereocenters. The normalized spacial score (nSPS) is 12.5. The van der Waals surface area contributed by atoms with E-state index in [0.29, 0.717) is 0 Å². The molecule has 0 spiro atoms. The largest absolute Gasteiger partial charge is 0.330 e. The summed E-state index contributed by atoms with van der Waals surface area (Å²) in [6, 6.07) is 10.5. The second-order valence-corrected chi connectivity index (χ2v) is 5.66. The SMILES string of the molecule is Cc1cccnc1CN(CCCCN)[C@H](C)c1ccccn1. The van der Waals surface area contributed by atoms with Gasteiger partial charge in [0.05, 0.1) is 11.4 Å². The zero-order valence-electron chi connectivity index (χ0n) is 13.6. The zero-order valence-corrected chi connectivity index (χ0v) is 13.6. The van der Waals surface area contributed by atoms with Gasteiger partial charge in [0.25, 0.3) is 0 Å². The highest BCUT2D eigenvalue weighted by Gasteiger charge is 2.18. The highest BCUT2D eigenvalue weighted by molar-refractivity contribution is 5.18. The van der Waals surface area contributed by atoms with Gasteiger partial charge in [-0.25, -0.2) is 0 Å². The first-order valence-electron chi connectivity index (χ1n) is 7.98. The lowest BCUT2D eigenvalue weighted by Crippen LogP contribution is -2.29. The van der Waals surface area contributed by atoms with Gasteiger partial charge >= 0.3 is 0 Å². The summed E-state index contributed by atoms with van der Waals surface area (Å²) in [5.74, 6) is 0. The molecule has 0 aliphatic rings. The summed E-state index contributed by atoms with van der Waals surface area (Å²) in [6.07, 6.45) is 5.87. The predicted octanol–water partition coefficient (Wildman–Crippen LogP) is 3.09. The number of aryl methyl sites for hydroxylation is 1. The Labute approximate surface area is 133 Å². The Morgan fingerprint density at radius 3 is 2.59 bits per heavy atom. The molecule has 2 aromatic heterocycles. The summed E-state index contributed by atoms with van der Waals surface area (Å²) in [5, 5.41) is 0. The Balaban J connectivity index is 2.13. The fourth-order valence-electron chi connectivity index (χ4n) is 2.56. The monoisotopic (exact) mass is 298 g/mol. The molecule has 4 heteroatoms. The maximum atomic E-state index is 5.64. The maximum Gasteiger partial charge on any atom is 0.0573 e. The van der Waals surface area contributed by atoms with Crippen LogP contribution in [0.2, 0.25) is 0 Å². The first-order chi connectivity index (χ1) is 10.7. The van der Waals surface area contributed by atoms with Gasteiger partial charge in [-0.05, 0) is 63.5 Å². The molecule has 0 aliphatic heterocycles. The summed E-state index contributed by atoms with van der Waals surface area (Å²) in [7, 11) is 0. The van der Waals surface area contributed by atoms with Crippen molar-refractivity contribution in [1.29, 1.82) is 0 Å². The fourth-order valence-corrected chi connectivity index (χ4v) is 2.56. The first kappa shape index (κ1) is 16.6. The molecule has 22 heavy (non-hydrogen) atoms. The van der Waals surface area contributed by atoms with Gasteiger partial charge in [-0.15, -0.1) is 0 Å². The minimum absolute atomic E-state index is 0.264. The van der Waals surface area contributed by atoms with Crippen LogP contribution in [-0.2, 0) is 6.54 Å². The third-order valence-corrected chi connectivity index (χ3v) is 4.03. The van der Waals surface area contributed by atoms with E-state index in [1.165, 1.54) is 5.56 Å². The summed E-state index contributed by atoms with van der Waals surface area (Å²) < 4.78 is 0. The zero-order chi connectivity index (χ0) is 15.8. The summed E-state index contributed by atoms with van der Waals surface area (Å²) >= 11 is 0. The molecule has 0 bridgehead atoms. The number of aromatic nitrogens is 2. The lowest BCUT2D eigenvalue weighted by molar-refractivity contribution is 0.191. The van der Waals surface area contributed by atoms with E-state index in [1.807, 2.05) is 30.6 Å². The van der Waals surface area contributed by atoms with Crippen LogP contribution in [0.5, 0.6) is 0 Å². The summed E-state index contributed by atoms with van der Waals surface area (Å²) in [4.78, 5) is 11.5. The minimum atomic E-state index is 0.264. The minimum Gasteiger partial charge on any atom is -0.330 e. The van der Waals surface area contributed by atoms with Crippen LogP contribution >= 0.6 is 0 Å². The molecule has 0 fully saturated rings. The van der Waals surface area contributed by atoms with Crippen molar-refractivity contribution < 1.29 is 0 Å². The fraction of sp³-hybridized carbons (Fsp3) is 0.444. The average Bonchev–Trinajstić information content (AvgIpc) is 2.56. The number of unbranched alkanes of at least 4 members (excludes halogenated alkanes) is 1. The van der Waals surface area contributed by atoms with Gasteiger partial charge in [0.1, 0.15) is 0 Å². The van der Waals surface area contributed by atoms with Gasteiger partial charge in [0, 0.05) is 25.0 Å². The van der Waals surface area contributed by atoms with Gasteiger partial charge in [-0.2, -0.15) is 0 Å². The van der Waals surface area contributed by atoms with Crippen LogP contribution < -0.4 is 5.73 Å². The lowest BCUT2D eigenvalue weighted by Gasteiger charge is -2.29. The van der Waals surface area contributed by atoms with Crippen LogP contribution in [0.3, 0.4) is 0 Å². The van der Waals surface area contributed by atoms with E-state index in [2.05, 4.69) is 40.8 Å². The van der Waals surface area contributed by atoms with Crippen molar-refractivity contribution in [2.24, 2.45) is 5.73 Å². The van der Waals surface area contributed by atoms with Crippen molar-refractivity contribution in [3.05, 3.63) is 59.7 Å². The van der Waals surface area contributed by atoms with Crippen molar-refractivity contribution in [3.63, 3.8) is 0 Å². The van der Waals surface area contributed by atoms with Crippen molar-refractivity contribution in [1.82, 2.24) is 14.9 Å². The topological polar surface area (TPSA) is 55.0 Å². The molecular formula is C18H26N4. The molecule has 0 radical (unpaired) electrons. The smallest absolute Gasteiger partial charge is 0.0573 e. The Morgan fingerprint density at radius 2 is 1.91 bits per heavy atom. The number of nitrogens with two attached hydrogens (primary N) is 1. The highest BCUT2D eigenvalue weighted by atomic mass is 15.2. The van der Waals surface area contributed by atoms with Crippen molar-refractivity contribution >= 4 is 0 Å². The van der Waals surface area contributed by atoms with Crippen molar-refractivity contribution in [2.75, 3.05) is 13.1 Å². The number of hydrogen-bond acceptors (Lipinski definition) is 4. The molecule has 118 valence electrons. The second kappa shape index (κ2) is 8.61. The molecule has 2 heterocycles. The Bertz CT molecular complexity index is 556. The number of pyridine rings is 2. The quantitative estimate of drug-likeness (QED) is 0.761. The molecule has 2 aromatic rings. The Kier molecular flexibility index (Phi) is 6.49. The van der Waals surface area contributed by atoms with Gasteiger partial charge in [0.2, 0.25) is 0 Å². The average molecular weight is 298 g/mol. The van der Waals surface area contributed by atoms with E-state index >= 15 is 0 Å². The van der Waals surface area contributed by atoms with E-state index in [4.69, 9.17) is 5.73 Å². The predicted molar refractivity (Wildman–Crippen MR) is 90.3 cm³/mol. The van der Waals surface area contributed by atoms with E-state index < -0.39 is 0 Å². The Morgan fingerprint density at radius 1 is 1.09 bits per heavy atom. The van der Waals surface area contributed by atoms with E-state index in [-0.39, 0.29) is 6.04 Å². The molecule has 0 aliphatic carbocycles. The van der Waals surface area contributed by atoms with Crippen LogP contribution in [0.25, 0.3) is 0 Å². The van der Waals surface area contributed by atoms with Gasteiger partial charge in [-0.3, -0.25) is 14.9 Å². The molecule has 2 N–H and O–H groups in total. The molecule has 0 saturated carbocycles. The standard InChI is InChI=1S/C18H26N4/c1-15-8-7-12-21-18(15)14-22(13-6-4-10-19)16(2)17-9-3-5-11-20-17/h3,5,7-9,11-12,16H,4,6,10,13-14,19H2,1-2H3/t16-/m1/s1. The summed E-state index contributed by atoms with van der Waals surface area (Å²) in [5.41, 5.74) is 9.11. The van der Waals surface area contributed by atoms with E-state index in [0.717, 1.165) is 43.9 Å². The maximum absolute atomic E-state index is 5.64. The van der Waals surface area contributed by atoms with Crippen LogP contribution in [0, 0.1) is 6.92 Å². The summed E-state index contributed by atoms with van der Waals surface area (Å²) in [6.45, 7) is 6.92. The number of nitrogens with zero attached hydrogens (tertiary/aromatic N) is 3. The van der Waals surface area contributed by atoms with Crippen LogP contribution in [-0.4, -0.2) is 28.0 Å². The first-order valence-corrected chi connectivity index (χ1v) is 7.98. The van der Waals surface area contributed by atoms with E-state index in [9.17, 15) is 0 Å². The molecular weight excluding hydrogens is 272 g/mol. The number of rotatable bonds is 8. The Hall–Kier alpha value is -1.78. The van der Waals surface area contributed by atoms with Crippen LogP contribution in [0.15, 0.2) is 42.7 Å². The van der Waals surface area contributed by atoms with Crippen LogP contribution in [0.1, 0.15) is 42.8 Å². The third kappa shape index (κ3) is 4.61. The van der Waals surface area contributed by atoms with Crippen molar-refractivity contribution in [2.45, 2.75) is 39.3 Å². The molecule has 0 saturated heterocycles. The van der Waals surface area contributed by atoms with Crippen molar-refractivity contribution in [3.8, 4) is 0 Å². The highest BCUT2D eigenvalue weighted by Crippen LogP contribution is 2.21. The van der Waals surface area contributed by atoms with Crippen LogP contribution in [0.4, 0.5) is 0 Å². The number of hydrogen-bond donors (Lipinski definition) is 1. The van der Waals surface area contributed by atoms with E-state index in [1.54, 1.807) is 0 Å². The molecule has 0 aromatic carbocycles. The second-order valence-electron chi connectivity index (χ2n) is 5.66. The lowest BCUT2D eigenvalue weighted by atomic mass is 10.1. The van der Waals surface area contributed by atoms with Gasteiger partial charge in [0.15, 0.2) is 0 Å². The molecule has 2 rings (SSSR count). The molecule has 0 amide bonds. The molecule has 4 nitrogen and oxygen atoms in total. The van der Waals surface area contributed by atoms with Gasteiger partial charge in [-0.1, -0.05) is 12.1 Å². The van der Waals surface area contributed by atoms with Gasteiger partial charge < -0.3 is 5.73 Å². The third-order valence-electron chi connectivity index (χ3n) is 4.03.